The third kappa shape index (κ3) is 4.79. The van der Waals surface area contributed by atoms with Crippen molar-refractivity contribution in [3.63, 3.8) is 0 Å². The molecule has 0 fully saturated rings. The molecule has 0 saturated carbocycles. The molecule has 2 N–H and O–H groups in total. The number of pyridine rings is 1. The third-order valence-electron chi connectivity index (χ3n) is 4.91. The van der Waals surface area contributed by atoms with E-state index in [-0.39, 0.29) is 27.6 Å². The van der Waals surface area contributed by atoms with Gasteiger partial charge in [0.15, 0.2) is 0 Å². The Bertz CT molecular complexity index is 1500. The smallest absolute Gasteiger partial charge is 0.271 e. The third-order valence-corrected chi connectivity index (χ3v) is 6.29. The van der Waals surface area contributed by atoms with Crippen LogP contribution in [-0.4, -0.2) is 31.3 Å². The van der Waals surface area contributed by atoms with Crippen LogP contribution in [0.2, 0.25) is 0 Å². The fraction of sp³-hybridized carbons (Fsp3) is 0.0435. The lowest BCUT2D eigenvalue weighted by Crippen LogP contribution is -2.15. The topological polar surface area (TPSA) is 141 Å². The van der Waals surface area contributed by atoms with Gasteiger partial charge in [0.05, 0.1) is 40.0 Å². The minimum Gasteiger partial charge on any atom is -0.495 e. The first-order valence-electron chi connectivity index (χ1n) is 9.88. The van der Waals surface area contributed by atoms with Crippen molar-refractivity contribution in [3.8, 4) is 5.75 Å². The predicted molar refractivity (Wildman–Crippen MR) is 127 cm³/mol. The number of rotatable bonds is 7. The molecule has 34 heavy (non-hydrogen) atoms. The van der Waals surface area contributed by atoms with Crippen LogP contribution in [0.5, 0.6) is 5.75 Å². The van der Waals surface area contributed by atoms with E-state index in [9.17, 15) is 23.3 Å². The van der Waals surface area contributed by atoms with Crippen molar-refractivity contribution in [1.29, 1.82) is 0 Å². The Morgan fingerprint density at radius 1 is 1.03 bits per heavy atom. The summed E-state index contributed by atoms with van der Waals surface area (Å²) in [5.41, 5.74) is 1.15. The number of carbonyl (C=O) groups is 1. The van der Waals surface area contributed by atoms with Gasteiger partial charge in [0.25, 0.3) is 21.6 Å². The zero-order valence-corrected chi connectivity index (χ0v) is 18.6. The fourth-order valence-corrected chi connectivity index (χ4v) is 4.28. The summed E-state index contributed by atoms with van der Waals surface area (Å²) >= 11 is 0. The minimum atomic E-state index is -4.11. The van der Waals surface area contributed by atoms with E-state index in [4.69, 9.17) is 4.74 Å². The second kappa shape index (κ2) is 9.16. The van der Waals surface area contributed by atoms with Crippen LogP contribution < -0.4 is 14.8 Å². The van der Waals surface area contributed by atoms with Crippen LogP contribution in [0.25, 0.3) is 10.9 Å². The number of non-ortho nitro benzene ring substituents is 1. The number of amides is 1. The highest BCUT2D eigenvalue weighted by atomic mass is 32.2. The van der Waals surface area contributed by atoms with E-state index in [1.54, 1.807) is 6.07 Å². The van der Waals surface area contributed by atoms with Crippen LogP contribution in [0.15, 0.2) is 83.9 Å². The molecule has 1 amide bonds. The van der Waals surface area contributed by atoms with E-state index in [0.717, 1.165) is 17.0 Å². The van der Waals surface area contributed by atoms with Gasteiger partial charge in [-0.1, -0.05) is 18.2 Å². The van der Waals surface area contributed by atoms with Gasteiger partial charge in [0, 0.05) is 23.1 Å². The van der Waals surface area contributed by atoms with Gasteiger partial charge < -0.3 is 10.1 Å². The highest BCUT2D eigenvalue weighted by molar-refractivity contribution is 7.92. The average molecular weight is 478 g/mol. The molecule has 0 aliphatic heterocycles. The first kappa shape index (κ1) is 22.7. The van der Waals surface area contributed by atoms with Gasteiger partial charge in [-0.25, -0.2) is 8.42 Å². The molecular formula is C23H18N4O6S. The van der Waals surface area contributed by atoms with Crippen molar-refractivity contribution in [3.05, 3.63) is 94.7 Å². The van der Waals surface area contributed by atoms with Crippen molar-refractivity contribution in [1.82, 2.24) is 4.98 Å². The molecule has 0 aliphatic rings. The number of aromatic nitrogens is 1. The van der Waals surface area contributed by atoms with Crippen LogP contribution in [0.1, 0.15) is 10.4 Å². The number of sulfonamides is 1. The van der Waals surface area contributed by atoms with Crippen molar-refractivity contribution < 1.29 is 22.9 Å². The quantitative estimate of drug-likeness (QED) is 0.299. The predicted octanol–water partition coefficient (Wildman–Crippen LogP) is 4.20. The number of hydrogen-bond donors (Lipinski definition) is 2. The van der Waals surface area contributed by atoms with Crippen LogP contribution >= 0.6 is 0 Å². The number of hydrogen-bond acceptors (Lipinski definition) is 7. The van der Waals surface area contributed by atoms with E-state index in [0.29, 0.717) is 5.69 Å². The largest absolute Gasteiger partial charge is 0.495 e. The molecule has 1 aromatic heterocycles. The van der Waals surface area contributed by atoms with Gasteiger partial charge in [-0.05, 0) is 42.5 Å². The molecule has 0 aliphatic carbocycles. The maximum absolute atomic E-state index is 12.8. The standard InChI is InChI=1S/C23H18N4O6S/c1-33-22-11-8-18(27(29)30)13-21(22)26-34(31,32)19-9-6-15(7-10-19)23(28)25-17-12-16-4-2-3-5-20(16)24-14-17/h2-14,26H,1H3,(H,25,28). The van der Waals surface area contributed by atoms with Crippen molar-refractivity contribution in [2.24, 2.45) is 0 Å². The molecule has 172 valence electrons. The number of benzene rings is 3. The van der Waals surface area contributed by atoms with E-state index in [2.05, 4.69) is 15.0 Å². The number of ether oxygens (including phenoxy) is 1. The summed E-state index contributed by atoms with van der Waals surface area (Å²) in [5.74, 6) is -0.316. The second-order valence-electron chi connectivity index (χ2n) is 7.14. The maximum atomic E-state index is 12.8. The fourth-order valence-electron chi connectivity index (χ4n) is 3.22. The summed E-state index contributed by atoms with van der Waals surface area (Å²) in [7, 11) is -2.79. The Morgan fingerprint density at radius 3 is 2.47 bits per heavy atom. The number of nitrogens with zero attached hydrogens (tertiary/aromatic N) is 2. The Hall–Kier alpha value is -4.51. The summed E-state index contributed by atoms with van der Waals surface area (Å²) in [6, 6.07) is 18.1. The van der Waals surface area contributed by atoms with Crippen LogP contribution in [0, 0.1) is 10.1 Å². The molecule has 3 aromatic carbocycles. The summed E-state index contributed by atoms with van der Waals surface area (Å²) in [6.07, 6.45) is 1.54. The van der Waals surface area contributed by atoms with Gasteiger partial charge in [-0.2, -0.15) is 0 Å². The first-order valence-corrected chi connectivity index (χ1v) is 11.4. The van der Waals surface area contributed by atoms with Crippen molar-refractivity contribution in [2.45, 2.75) is 4.90 Å². The zero-order chi connectivity index (χ0) is 24.3. The Morgan fingerprint density at radius 2 is 1.76 bits per heavy atom. The average Bonchev–Trinajstić information content (AvgIpc) is 2.83. The molecule has 1 heterocycles. The summed E-state index contributed by atoms with van der Waals surface area (Å²) in [4.78, 5) is 27.1. The number of para-hydroxylation sites is 1. The SMILES string of the molecule is COc1ccc([N+](=O)[O-])cc1NS(=O)(=O)c1ccc(C(=O)Nc2cnc3ccccc3c2)cc1. The number of nitro groups is 1. The Labute approximate surface area is 194 Å². The molecule has 0 saturated heterocycles. The molecule has 0 unspecified atom stereocenters. The molecular weight excluding hydrogens is 460 g/mol. The van der Waals surface area contributed by atoms with Crippen LogP contribution in [0.3, 0.4) is 0 Å². The Kier molecular flexibility index (Phi) is 6.11. The van der Waals surface area contributed by atoms with Crippen LogP contribution in [0.4, 0.5) is 17.1 Å². The summed E-state index contributed by atoms with van der Waals surface area (Å²) < 4.78 is 33.0. The van der Waals surface area contributed by atoms with Gasteiger partial charge in [-0.3, -0.25) is 24.6 Å². The molecule has 0 atom stereocenters. The highest BCUT2D eigenvalue weighted by Gasteiger charge is 2.20. The number of anilines is 2. The highest BCUT2D eigenvalue weighted by Crippen LogP contribution is 2.31. The summed E-state index contributed by atoms with van der Waals surface area (Å²) in [6.45, 7) is 0. The van der Waals surface area contributed by atoms with E-state index in [1.807, 2.05) is 24.3 Å². The summed E-state index contributed by atoms with van der Waals surface area (Å²) in [5, 5.41) is 14.6. The number of carbonyl (C=O) groups excluding carboxylic acids is 1. The number of nitrogens with one attached hydrogen (secondary N) is 2. The van der Waals surface area contributed by atoms with Crippen molar-refractivity contribution in [2.75, 3.05) is 17.1 Å². The molecule has 4 rings (SSSR count). The lowest BCUT2D eigenvalue weighted by molar-refractivity contribution is -0.384. The Balaban J connectivity index is 1.52. The molecule has 4 aromatic rings. The van der Waals surface area contributed by atoms with Crippen molar-refractivity contribution >= 4 is 43.9 Å². The molecule has 0 bridgehead atoms. The van der Waals surface area contributed by atoms with Gasteiger partial charge >= 0.3 is 0 Å². The second-order valence-corrected chi connectivity index (χ2v) is 8.82. The lowest BCUT2D eigenvalue weighted by Gasteiger charge is -2.12. The number of nitro benzene ring substituents is 1. The monoisotopic (exact) mass is 478 g/mol. The zero-order valence-electron chi connectivity index (χ0n) is 17.8. The number of methoxy groups -OCH3 is 1. The molecule has 11 heteroatoms. The molecule has 10 nitrogen and oxygen atoms in total. The minimum absolute atomic E-state index is 0.0812. The van der Waals surface area contributed by atoms with E-state index in [1.165, 1.54) is 49.7 Å². The van der Waals surface area contributed by atoms with E-state index >= 15 is 0 Å². The van der Waals surface area contributed by atoms with E-state index < -0.39 is 20.9 Å². The first-order chi connectivity index (χ1) is 16.3. The van der Waals surface area contributed by atoms with Gasteiger partial charge in [-0.15, -0.1) is 0 Å². The van der Waals surface area contributed by atoms with Gasteiger partial charge in [0.1, 0.15) is 5.75 Å². The molecule has 0 radical (unpaired) electrons. The normalized spacial score (nSPS) is 11.1. The van der Waals surface area contributed by atoms with Crippen LogP contribution in [-0.2, 0) is 10.0 Å². The molecule has 0 spiro atoms. The maximum Gasteiger partial charge on any atom is 0.271 e. The lowest BCUT2D eigenvalue weighted by atomic mass is 10.2. The van der Waals surface area contributed by atoms with Gasteiger partial charge in [0.2, 0.25) is 0 Å². The number of fused-ring (bicyclic) bond motifs is 1.